The highest BCUT2D eigenvalue weighted by Crippen LogP contribution is 2.64. The van der Waals surface area contributed by atoms with E-state index in [1.165, 1.54) is 60.7 Å². The van der Waals surface area contributed by atoms with E-state index in [1.807, 2.05) is 0 Å². The Labute approximate surface area is 375 Å². The SMILES string of the molecule is c1ccc2c(c1)-c1ccccc1C21c2ccccc2-c2c1ccc1c(-c3ccc(-c4nc(-c5ccc6ccccc6c5)nc(-c5ccc6ccccc6c5)n4)cc3)nc3ccccc3c21. The van der Waals surface area contributed by atoms with Crippen molar-refractivity contribution >= 4 is 43.2 Å². The number of para-hydroxylation sites is 1. The molecule has 0 bridgehead atoms. The van der Waals surface area contributed by atoms with Gasteiger partial charge in [0.2, 0.25) is 0 Å². The fourth-order valence-electron chi connectivity index (χ4n) is 11.0. The molecule has 0 saturated heterocycles. The van der Waals surface area contributed by atoms with Crippen molar-refractivity contribution in [1.29, 1.82) is 0 Å². The van der Waals surface area contributed by atoms with E-state index >= 15 is 0 Å². The van der Waals surface area contributed by atoms with Gasteiger partial charge in [-0.2, -0.15) is 0 Å². The lowest BCUT2D eigenvalue weighted by Crippen LogP contribution is -2.25. The van der Waals surface area contributed by atoms with Gasteiger partial charge < -0.3 is 0 Å². The van der Waals surface area contributed by atoms with Crippen LogP contribution >= 0.6 is 0 Å². The van der Waals surface area contributed by atoms with E-state index < -0.39 is 5.41 Å². The van der Waals surface area contributed by atoms with Crippen LogP contribution in [0.3, 0.4) is 0 Å². The highest BCUT2D eigenvalue weighted by molar-refractivity contribution is 6.20. The van der Waals surface area contributed by atoms with Crippen LogP contribution in [0.15, 0.2) is 218 Å². The maximum Gasteiger partial charge on any atom is 0.164 e. The van der Waals surface area contributed by atoms with Crippen LogP contribution in [-0.2, 0) is 5.41 Å². The van der Waals surface area contributed by atoms with Gasteiger partial charge in [0, 0.05) is 38.4 Å². The van der Waals surface area contributed by atoms with Gasteiger partial charge in [0.25, 0.3) is 0 Å². The van der Waals surface area contributed by atoms with E-state index in [0.29, 0.717) is 17.5 Å². The lowest BCUT2D eigenvalue weighted by molar-refractivity contribution is 0.794. The van der Waals surface area contributed by atoms with Crippen molar-refractivity contribution in [3.05, 3.63) is 241 Å². The maximum absolute atomic E-state index is 5.43. The number of aromatic nitrogens is 4. The molecule has 0 N–H and O–H groups in total. The van der Waals surface area contributed by atoms with E-state index in [4.69, 9.17) is 19.9 Å². The molecule has 1 spiro atoms. The lowest BCUT2D eigenvalue weighted by atomic mass is 9.70. The summed E-state index contributed by atoms with van der Waals surface area (Å²) in [5, 5.41) is 8.14. The van der Waals surface area contributed by atoms with Crippen molar-refractivity contribution in [2.75, 3.05) is 0 Å². The minimum absolute atomic E-state index is 0.429. The molecular formula is C61H36N4. The van der Waals surface area contributed by atoms with Gasteiger partial charge in [-0.15, -0.1) is 0 Å². The van der Waals surface area contributed by atoms with Crippen LogP contribution in [-0.4, -0.2) is 19.9 Å². The Morgan fingerprint density at radius 3 is 1.37 bits per heavy atom. The summed E-state index contributed by atoms with van der Waals surface area (Å²) in [5.41, 5.74) is 15.8. The van der Waals surface area contributed by atoms with Crippen LogP contribution < -0.4 is 0 Å². The molecule has 0 saturated carbocycles. The zero-order valence-corrected chi connectivity index (χ0v) is 35.1. The number of hydrogen-bond acceptors (Lipinski definition) is 4. The molecule has 12 aromatic rings. The molecule has 2 aromatic heterocycles. The average molecular weight is 825 g/mol. The summed E-state index contributed by atoms with van der Waals surface area (Å²) in [4.78, 5) is 20.8. The van der Waals surface area contributed by atoms with Crippen LogP contribution in [0.2, 0.25) is 0 Å². The molecule has 14 rings (SSSR count). The standard InChI is InChI=1S/C61H36N4/c1-3-15-41-35-43(31-25-37(41)13-1)59-63-58(64-60(65-59)44-32-26-38-14-2-4-16-42(38)36-44)40-29-27-39(28-30-40)57-49-33-34-53-56(55(49)48-20-8-12-24-54(48)62-57)47-19-7-11-23-52(47)61(53)50-21-9-5-17-45(50)46-18-6-10-22-51(46)61/h1-36H. The van der Waals surface area contributed by atoms with E-state index in [9.17, 15) is 0 Å². The highest BCUT2D eigenvalue weighted by atomic mass is 15.0. The van der Waals surface area contributed by atoms with Gasteiger partial charge in [-0.05, 0) is 84.3 Å². The number of fused-ring (bicyclic) bond motifs is 16. The molecule has 300 valence electrons. The zero-order valence-electron chi connectivity index (χ0n) is 35.1. The van der Waals surface area contributed by atoms with Gasteiger partial charge in [0.15, 0.2) is 17.5 Å². The van der Waals surface area contributed by atoms with Gasteiger partial charge >= 0.3 is 0 Å². The van der Waals surface area contributed by atoms with Crippen LogP contribution in [0.4, 0.5) is 0 Å². The van der Waals surface area contributed by atoms with Crippen molar-refractivity contribution in [3.8, 4) is 67.7 Å². The van der Waals surface area contributed by atoms with Crippen LogP contribution in [0.1, 0.15) is 22.3 Å². The van der Waals surface area contributed by atoms with Gasteiger partial charge in [0.1, 0.15) is 0 Å². The van der Waals surface area contributed by atoms with Gasteiger partial charge in [0.05, 0.1) is 16.6 Å². The van der Waals surface area contributed by atoms with Gasteiger partial charge in [-0.1, -0.05) is 200 Å². The summed E-state index contributed by atoms with van der Waals surface area (Å²) in [6.45, 7) is 0. The number of benzene rings is 10. The Morgan fingerprint density at radius 2 is 0.754 bits per heavy atom. The third-order valence-corrected chi connectivity index (χ3v) is 13.9. The second kappa shape index (κ2) is 13.7. The Kier molecular flexibility index (Phi) is 7.57. The minimum Gasteiger partial charge on any atom is -0.247 e. The smallest absolute Gasteiger partial charge is 0.164 e. The zero-order chi connectivity index (χ0) is 42.6. The molecule has 4 nitrogen and oxygen atoms in total. The van der Waals surface area contributed by atoms with Crippen LogP contribution in [0.25, 0.3) is 111 Å². The van der Waals surface area contributed by atoms with Gasteiger partial charge in [-0.25, -0.2) is 19.9 Å². The lowest BCUT2D eigenvalue weighted by Gasteiger charge is -2.30. The maximum atomic E-state index is 5.43. The van der Waals surface area contributed by atoms with Crippen LogP contribution in [0.5, 0.6) is 0 Å². The van der Waals surface area contributed by atoms with Crippen molar-refractivity contribution in [3.63, 3.8) is 0 Å². The quantitative estimate of drug-likeness (QED) is 0.166. The molecule has 0 fully saturated rings. The molecule has 0 aliphatic heterocycles. The third kappa shape index (κ3) is 5.19. The number of pyridine rings is 1. The normalized spacial score (nSPS) is 13.0. The topological polar surface area (TPSA) is 51.6 Å². The van der Waals surface area contributed by atoms with E-state index in [0.717, 1.165) is 55.0 Å². The first-order chi connectivity index (χ1) is 32.2. The van der Waals surface area contributed by atoms with Crippen LogP contribution in [0, 0.1) is 0 Å². The second-order valence-electron chi connectivity index (χ2n) is 17.3. The summed E-state index contributed by atoms with van der Waals surface area (Å²) in [6.07, 6.45) is 0. The molecule has 0 unspecified atom stereocenters. The first-order valence-electron chi connectivity index (χ1n) is 22.2. The molecule has 2 aliphatic carbocycles. The molecule has 0 amide bonds. The fourth-order valence-corrected chi connectivity index (χ4v) is 11.0. The van der Waals surface area contributed by atoms with Crippen molar-refractivity contribution in [2.24, 2.45) is 0 Å². The Hall–Kier alpha value is -8.60. The first-order valence-corrected chi connectivity index (χ1v) is 22.2. The molecule has 4 heteroatoms. The molecule has 2 heterocycles. The summed E-state index contributed by atoms with van der Waals surface area (Å²) in [6, 6.07) is 78.6. The molecule has 2 aliphatic rings. The number of nitrogens with zero attached hydrogens (tertiary/aromatic N) is 4. The largest absolute Gasteiger partial charge is 0.247 e. The highest BCUT2D eigenvalue weighted by Gasteiger charge is 2.52. The Balaban J connectivity index is 0.953. The predicted molar refractivity (Wildman–Crippen MR) is 266 cm³/mol. The van der Waals surface area contributed by atoms with E-state index in [2.05, 4.69) is 218 Å². The van der Waals surface area contributed by atoms with E-state index in [1.54, 1.807) is 0 Å². The summed E-state index contributed by atoms with van der Waals surface area (Å²) >= 11 is 0. The second-order valence-corrected chi connectivity index (χ2v) is 17.3. The van der Waals surface area contributed by atoms with Crippen molar-refractivity contribution < 1.29 is 0 Å². The fraction of sp³-hybridized carbons (Fsp3) is 0.0164. The predicted octanol–water partition coefficient (Wildman–Crippen LogP) is 14.9. The summed E-state index contributed by atoms with van der Waals surface area (Å²) in [7, 11) is 0. The summed E-state index contributed by atoms with van der Waals surface area (Å²) < 4.78 is 0. The molecule has 65 heavy (non-hydrogen) atoms. The average Bonchev–Trinajstić information content (AvgIpc) is 3.85. The Bertz CT molecular complexity index is 3820. The van der Waals surface area contributed by atoms with Crippen molar-refractivity contribution in [1.82, 2.24) is 19.9 Å². The third-order valence-electron chi connectivity index (χ3n) is 13.9. The summed E-state index contributed by atoms with van der Waals surface area (Å²) in [5.74, 6) is 1.88. The number of rotatable bonds is 4. The monoisotopic (exact) mass is 824 g/mol. The molecule has 0 atom stereocenters. The minimum atomic E-state index is -0.429. The van der Waals surface area contributed by atoms with Gasteiger partial charge in [-0.3, -0.25) is 0 Å². The van der Waals surface area contributed by atoms with Crippen molar-refractivity contribution in [2.45, 2.75) is 5.41 Å². The Morgan fingerprint density at radius 1 is 0.292 bits per heavy atom. The van der Waals surface area contributed by atoms with E-state index in [-0.39, 0.29) is 0 Å². The number of hydrogen-bond donors (Lipinski definition) is 0. The molecule has 0 radical (unpaired) electrons. The molecular weight excluding hydrogens is 789 g/mol. The first kappa shape index (κ1) is 35.9. The molecule has 10 aromatic carbocycles.